The number of benzene rings is 13. The number of nitrogens with zero attached hydrogens (tertiary/aromatic N) is 4. The van der Waals surface area contributed by atoms with E-state index >= 15 is 0 Å². The zero-order chi connectivity index (χ0) is 52.0. The topological polar surface area (TPSA) is 13.0 Å². The summed E-state index contributed by atoms with van der Waals surface area (Å²) in [5, 5.41) is 4.76. The lowest BCUT2D eigenvalue weighted by Crippen LogP contribution is -2.12. The van der Waals surface area contributed by atoms with Crippen LogP contribution < -0.4 is 19.6 Å². The molecule has 4 heteroatoms. The Morgan fingerprint density at radius 3 is 0.603 bits per heavy atom. The molecule has 0 radical (unpaired) electrons. The first kappa shape index (κ1) is 47.3. The van der Waals surface area contributed by atoms with E-state index < -0.39 is 0 Å². The van der Waals surface area contributed by atoms with Gasteiger partial charge in [-0.05, 0) is 189 Å². The number of hydrogen-bond donors (Lipinski definition) is 0. The van der Waals surface area contributed by atoms with E-state index in [1.165, 1.54) is 43.8 Å². The maximum Gasteiger partial charge on any atom is 0.0468 e. The summed E-state index contributed by atoms with van der Waals surface area (Å²) >= 11 is 0. The Morgan fingerprint density at radius 2 is 0.333 bits per heavy atom. The maximum absolute atomic E-state index is 2.35. The van der Waals surface area contributed by atoms with Crippen LogP contribution in [0.15, 0.2) is 328 Å². The van der Waals surface area contributed by atoms with E-state index in [1.54, 1.807) is 0 Å². The summed E-state index contributed by atoms with van der Waals surface area (Å²) in [6.07, 6.45) is 0. The fourth-order valence-corrected chi connectivity index (χ4v) is 10.8. The summed E-state index contributed by atoms with van der Waals surface area (Å²) in [6.45, 7) is 0. The van der Waals surface area contributed by atoms with E-state index in [4.69, 9.17) is 0 Å². The molecular formula is C74H54N4. The minimum absolute atomic E-state index is 1.07. The first-order valence-electron chi connectivity index (χ1n) is 26.6. The monoisotopic (exact) mass is 998 g/mol. The predicted molar refractivity (Wildman–Crippen MR) is 331 cm³/mol. The van der Waals surface area contributed by atoms with Crippen LogP contribution in [-0.4, -0.2) is 0 Å². The van der Waals surface area contributed by atoms with Gasteiger partial charge in [-0.1, -0.05) is 182 Å². The fraction of sp³-hybridized carbons (Fsp3) is 0. The third-order valence-electron chi connectivity index (χ3n) is 14.6. The molecule has 0 saturated carbocycles. The van der Waals surface area contributed by atoms with Crippen molar-refractivity contribution in [3.8, 4) is 22.3 Å². The molecule has 0 amide bonds. The molecule has 0 aromatic heterocycles. The molecule has 0 unspecified atom stereocenters. The van der Waals surface area contributed by atoms with Gasteiger partial charge in [0.1, 0.15) is 0 Å². The van der Waals surface area contributed by atoms with Crippen LogP contribution in [0.2, 0.25) is 0 Å². The zero-order valence-electron chi connectivity index (χ0n) is 43.0. The van der Waals surface area contributed by atoms with E-state index in [2.05, 4.69) is 347 Å². The van der Waals surface area contributed by atoms with Crippen molar-refractivity contribution in [3.05, 3.63) is 328 Å². The predicted octanol–water partition coefficient (Wildman–Crippen LogP) is 21.2. The molecule has 370 valence electrons. The van der Waals surface area contributed by atoms with Gasteiger partial charge in [0, 0.05) is 68.2 Å². The number of anilines is 12. The van der Waals surface area contributed by atoms with Gasteiger partial charge in [-0.15, -0.1) is 0 Å². The highest BCUT2D eigenvalue weighted by Crippen LogP contribution is 2.44. The largest absolute Gasteiger partial charge is 0.311 e. The molecule has 13 aromatic rings. The van der Waals surface area contributed by atoms with Crippen molar-refractivity contribution < 1.29 is 0 Å². The van der Waals surface area contributed by atoms with Crippen LogP contribution in [0.5, 0.6) is 0 Å². The van der Waals surface area contributed by atoms with Crippen LogP contribution in [0, 0.1) is 0 Å². The van der Waals surface area contributed by atoms with Gasteiger partial charge in [0.05, 0.1) is 0 Å². The minimum Gasteiger partial charge on any atom is -0.311 e. The standard InChI is InChI=1S/C74H54N4/c1-7-19-55(20-8-1)57-33-37-65(38-34-57)75(61-23-11-3-12-24-61)67-41-45-69(46-42-67)77(63-27-15-5-16-28-63)71-49-51-73-59(53-71)31-32-60-54-72(50-52-74(60)73)78(64-29-17-6-18-30-64)70-47-43-68(44-48-70)76(62-25-13-4-14-26-62)66-39-35-58(36-40-66)56-21-9-2-10-22-56/h1-54H. The molecule has 0 aliphatic rings. The van der Waals surface area contributed by atoms with Crippen LogP contribution in [-0.2, 0) is 0 Å². The SMILES string of the molecule is c1ccc(-c2ccc(N(c3ccccc3)c3ccc(N(c4ccccc4)c4ccc5c(ccc6cc(N(c7ccccc7)c7ccc(N(c8ccccc8)c8ccc(-c9ccccc9)cc8)cc7)ccc65)c4)cc3)cc2)cc1. The third kappa shape index (κ3) is 9.62. The van der Waals surface area contributed by atoms with Gasteiger partial charge in [0.2, 0.25) is 0 Å². The fourth-order valence-electron chi connectivity index (χ4n) is 10.8. The molecule has 0 heterocycles. The van der Waals surface area contributed by atoms with Crippen molar-refractivity contribution in [1.82, 2.24) is 0 Å². The van der Waals surface area contributed by atoms with Crippen molar-refractivity contribution in [3.63, 3.8) is 0 Å². The van der Waals surface area contributed by atoms with Crippen molar-refractivity contribution >= 4 is 89.8 Å². The summed E-state index contributed by atoms with van der Waals surface area (Å²) in [6, 6.07) is 117. The average molecular weight is 999 g/mol. The second-order valence-corrected chi connectivity index (χ2v) is 19.4. The first-order valence-corrected chi connectivity index (χ1v) is 26.6. The van der Waals surface area contributed by atoms with Gasteiger partial charge in [-0.2, -0.15) is 0 Å². The maximum atomic E-state index is 2.35. The second kappa shape index (κ2) is 21.4. The summed E-state index contributed by atoms with van der Waals surface area (Å²) < 4.78 is 0. The highest BCUT2D eigenvalue weighted by molar-refractivity contribution is 6.10. The number of fused-ring (bicyclic) bond motifs is 3. The van der Waals surface area contributed by atoms with Crippen LogP contribution in [0.25, 0.3) is 43.8 Å². The number of para-hydroxylation sites is 4. The van der Waals surface area contributed by atoms with E-state index in [0.29, 0.717) is 0 Å². The smallest absolute Gasteiger partial charge is 0.0468 e. The van der Waals surface area contributed by atoms with E-state index in [1.807, 2.05) is 0 Å². The normalized spacial score (nSPS) is 11.1. The molecule has 0 aliphatic heterocycles. The Balaban J connectivity index is 0.817. The van der Waals surface area contributed by atoms with Crippen LogP contribution >= 0.6 is 0 Å². The van der Waals surface area contributed by atoms with Gasteiger partial charge in [-0.25, -0.2) is 0 Å². The van der Waals surface area contributed by atoms with Crippen molar-refractivity contribution in [2.45, 2.75) is 0 Å². The Kier molecular flexibility index (Phi) is 13.0. The molecule has 0 atom stereocenters. The average Bonchev–Trinajstić information content (AvgIpc) is 3.61. The highest BCUT2D eigenvalue weighted by atomic mass is 15.2. The highest BCUT2D eigenvalue weighted by Gasteiger charge is 2.20. The number of hydrogen-bond acceptors (Lipinski definition) is 4. The van der Waals surface area contributed by atoms with Gasteiger partial charge < -0.3 is 19.6 Å². The number of rotatable bonds is 14. The Labute approximate surface area is 456 Å². The van der Waals surface area contributed by atoms with Crippen molar-refractivity contribution in [1.29, 1.82) is 0 Å². The Hall–Kier alpha value is -10.4. The minimum atomic E-state index is 1.07. The summed E-state index contributed by atoms with van der Waals surface area (Å²) in [7, 11) is 0. The Morgan fingerprint density at radius 1 is 0.141 bits per heavy atom. The molecule has 0 spiro atoms. The lowest BCUT2D eigenvalue weighted by Gasteiger charge is -2.29. The first-order chi connectivity index (χ1) is 38.7. The second-order valence-electron chi connectivity index (χ2n) is 19.4. The molecule has 0 aliphatic carbocycles. The molecule has 0 N–H and O–H groups in total. The van der Waals surface area contributed by atoms with Gasteiger partial charge in [0.15, 0.2) is 0 Å². The van der Waals surface area contributed by atoms with Crippen LogP contribution in [0.1, 0.15) is 0 Å². The molecule has 0 saturated heterocycles. The molecule has 13 rings (SSSR count). The van der Waals surface area contributed by atoms with Gasteiger partial charge >= 0.3 is 0 Å². The summed E-state index contributed by atoms with van der Waals surface area (Å²) in [5.74, 6) is 0. The van der Waals surface area contributed by atoms with E-state index in [-0.39, 0.29) is 0 Å². The van der Waals surface area contributed by atoms with E-state index in [0.717, 1.165) is 68.2 Å². The third-order valence-corrected chi connectivity index (χ3v) is 14.6. The lowest BCUT2D eigenvalue weighted by molar-refractivity contribution is 1.26. The molecule has 13 aromatic carbocycles. The van der Waals surface area contributed by atoms with Gasteiger partial charge in [-0.3, -0.25) is 0 Å². The Bertz CT molecular complexity index is 3810. The lowest BCUT2D eigenvalue weighted by atomic mass is 10.00. The molecular weight excluding hydrogens is 945 g/mol. The van der Waals surface area contributed by atoms with Crippen molar-refractivity contribution in [2.24, 2.45) is 0 Å². The summed E-state index contributed by atoms with van der Waals surface area (Å²) in [4.78, 5) is 9.34. The molecule has 4 nitrogen and oxygen atoms in total. The summed E-state index contributed by atoms with van der Waals surface area (Å²) in [5.41, 5.74) is 17.8. The van der Waals surface area contributed by atoms with Crippen molar-refractivity contribution in [2.75, 3.05) is 19.6 Å². The van der Waals surface area contributed by atoms with Gasteiger partial charge in [0.25, 0.3) is 0 Å². The molecule has 78 heavy (non-hydrogen) atoms. The van der Waals surface area contributed by atoms with Crippen LogP contribution in [0.3, 0.4) is 0 Å². The molecule has 0 fully saturated rings. The van der Waals surface area contributed by atoms with Crippen LogP contribution in [0.4, 0.5) is 68.2 Å². The molecule has 0 bridgehead atoms. The quantitative estimate of drug-likeness (QED) is 0.101. The van der Waals surface area contributed by atoms with E-state index in [9.17, 15) is 0 Å². The zero-order valence-corrected chi connectivity index (χ0v) is 43.0.